The molecule has 1 saturated heterocycles. The van der Waals surface area contributed by atoms with Gasteiger partial charge in [-0.15, -0.1) is 0 Å². The Bertz CT molecular complexity index is 1070. The Kier molecular flexibility index (Phi) is 7.39. The number of aliphatic hydroxyl groups excluding tert-OH is 1. The van der Waals surface area contributed by atoms with Crippen molar-refractivity contribution in [1.82, 2.24) is 24.8 Å². The molecule has 1 saturated carbocycles. The predicted molar refractivity (Wildman–Crippen MR) is 135 cm³/mol. The fourth-order valence-electron chi connectivity index (χ4n) is 5.14. The molecule has 0 unspecified atom stereocenters. The van der Waals surface area contributed by atoms with Crippen molar-refractivity contribution in [2.45, 2.75) is 44.4 Å². The first kappa shape index (κ1) is 23.2. The Morgan fingerprint density at radius 3 is 2.62 bits per heavy atom. The summed E-state index contributed by atoms with van der Waals surface area (Å²) in [6.07, 6.45) is 7.60. The van der Waals surface area contributed by atoms with Crippen LogP contribution < -0.4 is 10.6 Å². The average Bonchev–Trinajstić information content (AvgIpc) is 3.25. The van der Waals surface area contributed by atoms with E-state index < -0.39 is 0 Å². The Morgan fingerprint density at radius 1 is 1.12 bits per heavy atom. The van der Waals surface area contributed by atoms with Gasteiger partial charge in [-0.05, 0) is 36.8 Å². The number of rotatable bonds is 8. The highest BCUT2D eigenvalue weighted by Gasteiger charge is 2.24. The van der Waals surface area contributed by atoms with E-state index in [0.29, 0.717) is 25.1 Å². The lowest BCUT2D eigenvalue weighted by molar-refractivity contribution is 0.111. The summed E-state index contributed by atoms with van der Waals surface area (Å²) in [5.41, 5.74) is 4.65. The summed E-state index contributed by atoms with van der Waals surface area (Å²) in [5.74, 6) is 0.623. The number of fused-ring (bicyclic) bond motifs is 1. The van der Waals surface area contributed by atoms with Crippen LogP contribution in [0.2, 0.25) is 0 Å². The lowest BCUT2D eigenvalue weighted by atomic mass is 9.93. The first-order valence-electron chi connectivity index (χ1n) is 12.5. The number of nitrogens with one attached hydrogen (secondary N) is 2. The van der Waals surface area contributed by atoms with E-state index in [9.17, 15) is 5.11 Å². The van der Waals surface area contributed by atoms with E-state index in [-0.39, 0.29) is 6.10 Å². The molecule has 1 aliphatic carbocycles. The van der Waals surface area contributed by atoms with Crippen LogP contribution in [0, 0.1) is 0 Å². The van der Waals surface area contributed by atoms with Crippen molar-refractivity contribution in [1.29, 1.82) is 0 Å². The molecule has 8 nitrogen and oxygen atoms in total. The number of anilines is 1. The van der Waals surface area contributed by atoms with Crippen LogP contribution in [0.1, 0.15) is 37.3 Å². The van der Waals surface area contributed by atoms with E-state index in [1.54, 1.807) is 7.11 Å². The van der Waals surface area contributed by atoms with Gasteiger partial charge in [-0.3, -0.25) is 4.90 Å². The zero-order chi connectivity index (χ0) is 23.3. The molecule has 182 valence electrons. The van der Waals surface area contributed by atoms with Gasteiger partial charge in [0, 0.05) is 75.8 Å². The van der Waals surface area contributed by atoms with Crippen LogP contribution in [0.4, 0.5) is 5.95 Å². The predicted octanol–water partition coefficient (Wildman–Crippen LogP) is 3.04. The van der Waals surface area contributed by atoms with Gasteiger partial charge < -0.3 is 25.0 Å². The van der Waals surface area contributed by atoms with Crippen molar-refractivity contribution in [3.8, 4) is 11.1 Å². The molecule has 2 aliphatic rings. The number of benzene rings is 1. The van der Waals surface area contributed by atoms with Crippen LogP contribution in [0.3, 0.4) is 0 Å². The number of hydrogen-bond acceptors (Lipinski definition) is 7. The third-order valence-corrected chi connectivity index (χ3v) is 7.10. The molecule has 3 N–H and O–H groups in total. The SMILES string of the molecule is COCCNc1ncc2c(-c3ccc(CN4CCNCC4)cc3)cn(C3CCC(O)CC3)c2n1. The summed E-state index contributed by atoms with van der Waals surface area (Å²) < 4.78 is 7.46. The van der Waals surface area contributed by atoms with Gasteiger partial charge in [0.2, 0.25) is 5.95 Å². The highest BCUT2D eigenvalue weighted by molar-refractivity contribution is 5.94. The second-order valence-corrected chi connectivity index (χ2v) is 9.49. The van der Waals surface area contributed by atoms with Gasteiger partial charge in [-0.2, -0.15) is 4.98 Å². The van der Waals surface area contributed by atoms with Crippen molar-refractivity contribution in [3.63, 3.8) is 0 Å². The Hall–Kier alpha value is -2.52. The smallest absolute Gasteiger partial charge is 0.224 e. The van der Waals surface area contributed by atoms with E-state index in [2.05, 4.69) is 55.5 Å². The van der Waals surface area contributed by atoms with Gasteiger partial charge in [0.05, 0.1) is 12.7 Å². The largest absolute Gasteiger partial charge is 0.393 e. The van der Waals surface area contributed by atoms with Crippen LogP contribution in [0.15, 0.2) is 36.7 Å². The van der Waals surface area contributed by atoms with Crippen LogP contribution in [0.5, 0.6) is 0 Å². The molecule has 1 aliphatic heterocycles. The molecule has 1 aromatic carbocycles. The minimum absolute atomic E-state index is 0.179. The van der Waals surface area contributed by atoms with Gasteiger partial charge in [0.15, 0.2) is 0 Å². The first-order valence-corrected chi connectivity index (χ1v) is 12.5. The van der Waals surface area contributed by atoms with Gasteiger partial charge in [0.1, 0.15) is 5.65 Å². The highest BCUT2D eigenvalue weighted by Crippen LogP contribution is 2.36. The zero-order valence-electron chi connectivity index (χ0n) is 20.0. The number of aromatic nitrogens is 3. The molecule has 2 aromatic heterocycles. The Morgan fingerprint density at radius 2 is 1.88 bits per heavy atom. The quantitative estimate of drug-likeness (QED) is 0.442. The maximum absolute atomic E-state index is 10.0. The fraction of sp³-hybridized carbons (Fsp3) is 0.538. The van der Waals surface area contributed by atoms with Gasteiger partial charge in [0.25, 0.3) is 0 Å². The fourth-order valence-corrected chi connectivity index (χ4v) is 5.14. The number of hydrogen-bond donors (Lipinski definition) is 3. The van der Waals surface area contributed by atoms with Gasteiger partial charge in [-0.1, -0.05) is 24.3 Å². The number of piperazine rings is 1. The molecule has 0 atom stereocenters. The van der Waals surface area contributed by atoms with Gasteiger partial charge >= 0.3 is 0 Å². The van der Waals surface area contributed by atoms with E-state index >= 15 is 0 Å². The molecule has 0 spiro atoms. The Labute approximate surface area is 201 Å². The normalized spacial score (nSPS) is 21.7. The third-order valence-electron chi connectivity index (χ3n) is 7.10. The summed E-state index contributed by atoms with van der Waals surface area (Å²) in [7, 11) is 1.69. The van der Waals surface area contributed by atoms with E-state index in [1.807, 2.05) is 6.20 Å². The number of methoxy groups -OCH3 is 1. The zero-order valence-corrected chi connectivity index (χ0v) is 20.0. The van der Waals surface area contributed by atoms with E-state index in [4.69, 9.17) is 9.72 Å². The molecular weight excluding hydrogens is 428 g/mol. The topological polar surface area (TPSA) is 87.5 Å². The lowest BCUT2D eigenvalue weighted by Crippen LogP contribution is -2.42. The molecule has 0 radical (unpaired) electrons. The molecule has 2 fully saturated rings. The molecule has 0 amide bonds. The lowest BCUT2D eigenvalue weighted by Gasteiger charge is -2.27. The minimum Gasteiger partial charge on any atom is -0.393 e. The molecular formula is C26H36N6O2. The van der Waals surface area contributed by atoms with E-state index in [1.165, 1.54) is 16.7 Å². The minimum atomic E-state index is -0.179. The summed E-state index contributed by atoms with van der Waals surface area (Å²) in [5, 5.41) is 17.8. The van der Waals surface area contributed by atoms with Crippen LogP contribution in [-0.2, 0) is 11.3 Å². The highest BCUT2D eigenvalue weighted by atomic mass is 16.5. The van der Waals surface area contributed by atoms with Crippen molar-refractivity contribution in [2.24, 2.45) is 0 Å². The summed E-state index contributed by atoms with van der Waals surface area (Å²) in [6, 6.07) is 9.30. The molecule has 3 heterocycles. The van der Waals surface area contributed by atoms with E-state index in [0.717, 1.165) is 69.4 Å². The number of nitrogens with zero attached hydrogens (tertiary/aromatic N) is 4. The van der Waals surface area contributed by atoms with Crippen molar-refractivity contribution in [3.05, 3.63) is 42.2 Å². The standard InChI is InChI=1S/C26H36N6O2/c1-34-15-12-28-26-29-16-23-24(18-32(25(23)30-26)21-6-8-22(33)9-7-21)20-4-2-19(3-5-20)17-31-13-10-27-11-14-31/h2-5,16,18,21-22,27,33H,6-15,17H2,1H3,(H,28,29,30). The maximum Gasteiger partial charge on any atom is 0.224 e. The Balaban J connectivity index is 1.43. The summed E-state index contributed by atoms with van der Waals surface area (Å²) in [4.78, 5) is 12.0. The molecule has 3 aromatic rings. The number of ether oxygens (including phenoxy) is 1. The second-order valence-electron chi connectivity index (χ2n) is 9.49. The molecule has 8 heteroatoms. The van der Waals surface area contributed by atoms with Crippen LogP contribution in [0.25, 0.3) is 22.2 Å². The van der Waals surface area contributed by atoms with Crippen LogP contribution >= 0.6 is 0 Å². The molecule has 5 rings (SSSR count). The molecule has 0 bridgehead atoms. The van der Waals surface area contributed by atoms with Crippen molar-refractivity contribution in [2.75, 3.05) is 51.8 Å². The average molecular weight is 465 g/mol. The first-order chi connectivity index (χ1) is 16.7. The number of aliphatic hydroxyl groups is 1. The molecule has 34 heavy (non-hydrogen) atoms. The third kappa shape index (κ3) is 5.25. The summed E-state index contributed by atoms with van der Waals surface area (Å²) >= 11 is 0. The van der Waals surface area contributed by atoms with Crippen LogP contribution in [-0.4, -0.2) is 77.1 Å². The second kappa shape index (κ2) is 10.8. The van der Waals surface area contributed by atoms with Crippen molar-refractivity contribution < 1.29 is 9.84 Å². The monoisotopic (exact) mass is 464 g/mol. The van der Waals surface area contributed by atoms with Gasteiger partial charge in [-0.25, -0.2) is 4.98 Å². The summed E-state index contributed by atoms with van der Waals surface area (Å²) in [6.45, 7) is 6.60. The van der Waals surface area contributed by atoms with Crippen molar-refractivity contribution >= 4 is 17.0 Å². The maximum atomic E-state index is 10.0.